The smallest absolute Gasteiger partial charge is 0.293 e. The van der Waals surface area contributed by atoms with Crippen LogP contribution in [0, 0.1) is 6.92 Å². The number of hydrogen-bond donors (Lipinski definition) is 0. The highest BCUT2D eigenvalue weighted by Crippen LogP contribution is 2.39. The third-order valence-electron chi connectivity index (χ3n) is 4.70. The number of methoxy groups -OCH3 is 1. The maximum atomic E-state index is 12.7. The number of hydrogen-bond acceptors (Lipinski definition) is 6. The zero-order valence-corrected chi connectivity index (χ0v) is 20.8. The summed E-state index contributed by atoms with van der Waals surface area (Å²) in [6, 6.07) is 11.8. The number of amides is 2. The summed E-state index contributed by atoms with van der Waals surface area (Å²) in [7, 11) is 1.59. The first-order chi connectivity index (χ1) is 15.4. The van der Waals surface area contributed by atoms with Gasteiger partial charge >= 0.3 is 0 Å². The molecule has 1 fully saturated rings. The van der Waals surface area contributed by atoms with Crippen LogP contribution in [0.4, 0.5) is 4.79 Å². The van der Waals surface area contributed by atoms with Gasteiger partial charge in [-0.2, -0.15) is 0 Å². The van der Waals surface area contributed by atoms with Crippen molar-refractivity contribution in [2.45, 2.75) is 26.9 Å². The molecule has 2 aromatic carbocycles. The average Bonchev–Trinajstić information content (AvgIpc) is 3.01. The molecule has 0 N–H and O–H groups in total. The molecule has 3 rings (SSSR count). The fraction of sp³-hybridized carbons (Fsp3) is 0.333. The van der Waals surface area contributed by atoms with Crippen LogP contribution >= 0.6 is 27.7 Å². The summed E-state index contributed by atoms with van der Waals surface area (Å²) in [4.78, 5) is 26.6. The van der Waals surface area contributed by atoms with Gasteiger partial charge in [-0.3, -0.25) is 14.5 Å². The van der Waals surface area contributed by atoms with E-state index >= 15 is 0 Å². The predicted molar refractivity (Wildman–Crippen MR) is 130 cm³/mol. The molecule has 0 radical (unpaired) electrons. The molecule has 1 aliphatic rings. The Morgan fingerprint density at radius 2 is 1.97 bits per heavy atom. The molecule has 0 unspecified atom stereocenters. The van der Waals surface area contributed by atoms with Crippen molar-refractivity contribution in [1.29, 1.82) is 0 Å². The molecule has 8 heteroatoms. The summed E-state index contributed by atoms with van der Waals surface area (Å²) in [5, 5.41) is -0.264. The van der Waals surface area contributed by atoms with Gasteiger partial charge in [0.1, 0.15) is 6.61 Å². The first-order valence-corrected chi connectivity index (χ1v) is 11.9. The molecule has 0 atom stereocenters. The van der Waals surface area contributed by atoms with E-state index in [4.69, 9.17) is 14.2 Å². The van der Waals surface area contributed by atoms with E-state index in [1.807, 2.05) is 44.2 Å². The highest BCUT2D eigenvalue weighted by atomic mass is 79.9. The number of thioether (sulfide) groups is 1. The fourth-order valence-electron chi connectivity index (χ4n) is 3.24. The van der Waals surface area contributed by atoms with Gasteiger partial charge in [0.05, 0.1) is 16.0 Å². The molecule has 0 bridgehead atoms. The lowest BCUT2D eigenvalue weighted by Crippen LogP contribution is -2.29. The maximum absolute atomic E-state index is 12.7. The quantitative estimate of drug-likeness (QED) is 0.291. The molecule has 2 amide bonds. The van der Waals surface area contributed by atoms with E-state index < -0.39 is 0 Å². The summed E-state index contributed by atoms with van der Waals surface area (Å²) in [5.41, 5.74) is 2.97. The Labute approximate surface area is 201 Å². The van der Waals surface area contributed by atoms with Crippen LogP contribution in [0.2, 0.25) is 0 Å². The summed E-state index contributed by atoms with van der Waals surface area (Å²) >= 11 is 4.51. The summed E-state index contributed by atoms with van der Waals surface area (Å²) in [6.45, 7) is 5.65. The van der Waals surface area contributed by atoms with Crippen molar-refractivity contribution in [1.82, 2.24) is 4.90 Å². The van der Waals surface area contributed by atoms with E-state index in [0.717, 1.165) is 22.9 Å². The lowest BCUT2D eigenvalue weighted by molar-refractivity contribution is -0.122. The van der Waals surface area contributed by atoms with Gasteiger partial charge in [0.15, 0.2) is 11.5 Å². The van der Waals surface area contributed by atoms with Crippen molar-refractivity contribution >= 4 is 44.9 Å². The van der Waals surface area contributed by atoms with Crippen molar-refractivity contribution in [2.75, 3.05) is 26.9 Å². The molecule has 6 nitrogen and oxygen atoms in total. The zero-order valence-electron chi connectivity index (χ0n) is 18.4. The van der Waals surface area contributed by atoms with Crippen LogP contribution in [0.25, 0.3) is 6.08 Å². The fourth-order valence-corrected chi connectivity index (χ4v) is 4.68. The largest absolute Gasteiger partial charge is 0.490 e. The number of nitrogens with zero attached hydrogens (tertiary/aromatic N) is 1. The van der Waals surface area contributed by atoms with Crippen molar-refractivity contribution < 1.29 is 23.8 Å². The molecular formula is C24H26BrNO5S. The SMILES string of the molecule is CCOc1cc(/C=C2/SC(=O)N(CCCOC)C2=O)cc(Br)c1OCc1cccc(C)c1. The van der Waals surface area contributed by atoms with Crippen molar-refractivity contribution in [3.8, 4) is 11.5 Å². The molecule has 0 saturated carbocycles. The molecule has 32 heavy (non-hydrogen) atoms. The van der Waals surface area contributed by atoms with Gasteiger partial charge in [-0.1, -0.05) is 29.8 Å². The molecule has 0 spiro atoms. The van der Waals surface area contributed by atoms with Gasteiger partial charge in [-0.15, -0.1) is 0 Å². The number of carbonyl (C=O) groups excluding carboxylic acids is 2. The van der Waals surface area contributed by atoms with Crippen LogP contribution in [0.1, 0.15) is 30.0 Å². The molecule has 0 aliphatic carbocycles. The zero-order chi connectivity index (χ0) is 23.1. The second-order valence-electron chi connectivity index (χ2n) is 7.22. The number of imide groups is 1. The molecule has 170 valence electrons. The number of carbonyl (C=O) groups is 2. The average molecular weight is 520 g/mol. The minimum atomic E-state index is -0.287. The molecule has 2 aromatic rings. The predicted octanol–water partition coefficient (Wildman–Crippen LogP) is 5.81. The lowest BCUT2D eigenvalue weighted by atomic mass is 10.1. The highest BCUT2D eigenvalue weighted by molar-refractivity contribution is 9.10. The number of benzene rings is 2. The van der Waals surface area contributed by atoms with Crippen LogP contribution < -0.4 is 9.47 Å². The Balaban J connectivity index is 1.80. The first kappa shape index (κ1) is 24.4. The Kier molecular flexibility index (Phi) is 8.78. The van der Waals surface area contributed by atoms with E-state index in [1.54, 1.807) is 13.2 Å². The van der Waals surface area contributed by atoms with Crippen LogP contribution in [-0.4, -0.2) is 42.9 Å². The monoisotopic (exact) mass is 519 g/mol. The molecule has 1 aliphatic heterocycles. The third-order valence-corrected chi connectivity index (χ3v) is 6.20. The van der Waals surface area contributed by atoms with Gasteiger partial charge in [-0.25, -0.2) is 0 Å². The number of ether oxygens (including phenoxy) is 3. The first-order valence-electron chi connectivity index (χ1n) is 10.3. The van der Waals surface area contributed by atoms with Gasteiger partial charge < -0.3 is 14.2 Å². The number of rotatable bonds is 10. The minimum Gasteiger partial charge on any atom is -0.490 e. The van der Waals surface area contributed by atoms with Crippen molar-refractivity contribution in [2.24, 2.45) is 0 Å². The van der Waals surface area contributed by atoms with E-state index in [-0.39, 0.29) is 11.1 Å². The van der Waals surface area contributed by atoms with Crippen molar-refractivity contribution in [3.05, 3.63) is 62.5 Å². The maximum Gasteiger partial charge on any atom is 0.293 e. The highest BCUT2D eigenvalue weighted by Gasteiger charge is 2.34. The molecular weight excluding hydrogens is 494 g/mol. The van der Waals surface area contributed by atoms with Gasteiger partial charge in [0.2, 0.25) is 0 Å². The van der Waals surface area contributed by atoms with Gasteiger partial charge in [-0.05, 0) is 77.3 Å². The van der Waals surface area contributed by atoms with Crippen LogP contribution in [-0.2, 0) is 16.1 Å². The normalized spacial score (nSPS) is 15.0. The summed E-state index contributed by atoms with van der Waals surface area (Å²) in [6.07, 6.45) is 2.31. The Hall–Kier alpha value is -2.29. The van der Waals surface area contributed by atoms with Gasteiger partial charge in [0, 0.05) is 20.3 Å². The summed E-state index contributed by atoms with van der Waals surface area (Å²) < 4.78 is 17.6. The van der Waals surface area contributed by atoms with E-state index in [0.29, 0.717) is 53.7 Å². The van der Waals surface area contributed by atoms with E-state index in [1.165, 1.54) is 10.5 Å². The van der Waals surface area contributed by atoms with E-state index in [2.05, 4.69) is 22.0 Å². The number of halogens is 1. The Morgan fingerprint density at radius 1 is 1.16 bits per heavy atom. The second-order valence-corrected chi connectivity index (χ2v) is 9.07. The van der Waals surface area contributed by atoms with Crippen LogP contribution in [0.15, 0.2) is 45.8 Å². The second kappa shape index (κ2) is 11.5. The topological polar surface area (TPSA) is 65.1 Å². The minimum absolute atomic E-state index is 0.264. The molecule has 1 saturated heterocycles. The van der Waals surface area contributed by atoms with Crippen LogP contribution in [0.5, 0.6) is 11.5 Å². The number of aryl methyl sites for hydroxylation is 1. The van der Waals surface area contributed by atoms with Crippen LogP contribution in [0.3, 0.4) is 0 Å². The van der Waals surface area contributed by atoms with Gasteiger partial charge in [0.25, 0.3) is 11.1 Å². The third kappa shape index (κ3) is 6.15. The Bertz CT molecular complexity index is 1020. The molecule has 1 heterocycles. The lowest BCUT2D eigenvalue weighted by Gasteiger charge is -2.15. The van der Waals surface area contributed by atoms with Crippen molar-refractivity contribution in [3.63, 3.8) is 0 Å². The molecule has 0 aromatic heterocycles. The Morgan fingerprint density at radius 3 is 2.69 bits per heavy atom. The summed E-state index contributed by atoms with van der Waals surface area (Å²) in [5.74, 6) is 0.878. The standard InChI is InChI=1S/C24H26BrNO5S/c1-4-30-20-13-18(14-21-23(27)26(24(28)32-21)9-6-10-29-3)12-19(25)22(20)31-15-17-8-5-7-16(2)11-17/h5,7-8,11-14H,4,6,9-10,15H2,1-3H3/b21-14+. The van der Waals surface area contributed by atoms with E-state index in [9.17, 15) is 9.59 Å².